The Morgan fingerprint density at radius 2 is 2.05 bits per heavy atom. The van der Waals surface area contributed by atoms with Crippen molar-refractivity contribution in [3.63, 3.8) is 0 Å². The molecule has 0 unspecified atom stereocenters. The highest BCUT2D eigenvalue weighted by Crippen LogP contribution is 2.26. The molecule has 1 aromatic carbocycles. The molecule has 20 heavy (non-hydrogen) atoms. The fraction of sp³-hybridized carbons (Fsp3) is 0.188. The zero-order valence-corrected chi connectivity index (χ0v) is 11.4. The second-order valence-corrected chi connectivity index (χ2v) is 4.59. The van der Waals surface area contributed by atoms with Crippen molar-refractivity contribution in [3.8, 4) is 11.3 Å². The van der Waals surface area contributed by atoms with Crippen molar-refractivity contribution in [2.75, 3.05) is 11.9 Å². The van der Waals surface area contributed by atoms with E-state index in [0.29, 0.717) is 0 Å². The summed E-state index contributed by atoms with van der Waals surface area (Å²) in [7, 11) is 0. The van der Waals surface area contributed by atoms with Gasteiger partial charge >= 0.3 is 0 Å². The summed E-state index contributed by atoms with van der Waals surface area (Å²) in [6, 6.07) is 10.1. The van der Waals surface area contributed by atoms with E-state index in [2.05, 4.69) is 39.3 Å². The quantitative estimate of drug-likeness (QED) is 0.783. The molecule has 2 aromatic heterocycles. The average molecular weight is 264 g/mol. The Balaban J connectivity index is 2.06. The molecule has 3 rings (SSSR count). The van der Waals surface area contributed by atoms with Crippen LogP contribution in [-0.4, -0.2) is 21.5 Å². The Morgan fingerprint density at radius 1 is 1.10 bits per heavy atom. The summed E-state index contributed by atoms with van der Waals surface area (Å²) >= 11 is 0. The van der Waals surface area contributed by atoms with E-state index in [4.69, 9.17) is 0 Å². The van der Waals surface area contributed by atoms with Gasteiger partial charge in [0.05, 0.1) is 23.6 Å². The molecular weight excluding hydrogens is 248 g/mol. The molecule has 2 heterocycles. The molecule has 0 atom stereocenters. The van der Waals surface area contributed by atoms with E-state index in [-0.39, 0.29) is 0 Å². The molecule has 0 aliphatic rings. The van der Waals surface area contributed by atoms with Crippen molar-refractivity contribution in [2.24, 2.45) is 0 Å². The van der Waals surface area contributed by atoms with E-state index < -0.39 is 0 Å². The number of hydrogen-bond donors (Lipinski definition) is 1. The van der Waals surface area contributed by atoms with Gasteiger partial charge in [-0.25, -0.2) is 4.98 Å². The van der Waals surface area contributed by atoms with Crippen LogP contribution in [0.5, 0.6) is 0 Å². The van der Waals surface area contributed by atoms with Gasteiger partial charge in [0.1, 0.15) is 5.82 Å². The number of benzene rings is 1. The third-order valence-electron chi connectivity index (χ3n) is 3.11. The molecule has 0 aliphatic carbocycles. The summed E-state index contributed by atoms with van der Waals surface area (Å²) in [5, 5.41) is 4.36. The number of nitrogens with one attached hydrogen (secondary N) is 1. The van der Waals surface area contributed by atoms with E-state index in [1.165, 1.54) is 0 Å². The van der Waals surface area contributed by atoms with E-state index in [1.54, 1.807) is 18.6 Å². The minimum Gasteiger partial charge on any atom is -0.369 e. The van der Waals surface area contributed by atoms with Crippen LogP contribution in [0.1, 0.15) is 13.3 Å². The van der Waals surface area contributed by atoms with Crippen LogP contribution in [0.2, 0.25) is 0 Å². The van der Waals surface area contributed by atoms with Crippen LogP contribution in [0.4, 0.5) is 5.82 Å². The van der Waals surface area contributed by atoms with Crippen molar-refractivity contribution >= 4 is 16.7 Å². The average Bonchev–Trinajstić information content (AvgIpc) is 2.52. The summed E-state index contributed by atoms with van der Waals surface area (Å²) in [6.07, 6.45) is 6.41. The highest BCUT2D eigenvalue weighted by atomic mass is 15.0. The maximum atomic E-state index is 4.63. The molecule has 0 spiro atoms. The zero-order chi connectivity index (χ0) is 13.8. The van der Waals surface area contributed by atoms with Crippen LogP contribution in [0.3, 0.4) is 0 Å². The van der Waals surface area contributed by atoms with Gasteiger partial charge in [-0.05, 0) is 18.6 Å². The molecule has 0 saturated carbocycles. The SMILES string of the molecule is CCCNc1cncc(-c2cccc3ncccc23)n1. The molecule has 4 nitrogen and oxygen atoms in total. The standard InChI is InChI=1S/C16H16N4/c1-2-8-19-16-11-17-10-15(20-16)13-5-3-7-14-12(13)6-4-9-18-14/h3-7,9-11H,2,8H2,1H3,(H,19,20). The van der Waals surface area contributed by atoms with Gasteiger partial charge in [-0.3, -0.25) is 9.97 Å². The van der Waals surface area contributed by atoms with Gasteiger partial charge in [-0.1, -0.05) is 25.1 Å². The number of fused-ring (bicyclic) bond motifs is 1. The van der Waals surface area contributed by atoms with Gasteiger partial charge in [0, 0.05) is 23.7 Å². The Bertz CT molecular complexity index is 719. The summed E-state index contributed by atoms with van der Waals surface area (Å²) in [5.74, 6) is 0.810. The van der Waals surface area contributed by atoms with E-state index >= 15 is 0 Å². The number of rotatable bonds is 4. The van der Waals surface area contributed by atoms with Crippen LogP contribution in [0, 0.1) is 0 Å². The third kappa shape index (κ3) is 2.45. The molecule has 0 aliphatic heterocycles. The van der Waals surface area contributed by atoms with E-state index in [9.17, 15) is 0 Å². The van der Waals surface area contributed by atoms with E-state index in [1.807, 2.05) is 18.2 Å². The molecule has 0 amide bonds. The number of anilines is 1. The number of aromatic nitrogens is 3. The molecule has 3 aromatic rings. The lowest BCUT2D eigenvalue weighted by atomic mass is 10.1. The van der Waals surface area contributed by atoms with Crippen molar-refractivity contribution in [1.82, 2.24) is 15.0 Å². The third-order valence-corrected chi connectivity index (χ3v) is 3.11. The second kappa shape index (κ2) is 5.65. The van der Waals surface area contributed by atoms with Crippen molar-refractivity contribution in [2.45, 2.75) is 13.3 Å². The van der Waals surface area contributed by atoms with Gasteiger partial charge in [0.25, 0.3) is 0 Å². The minimum absolute atomic E-state index is 0.810. The zero-order valence-electron chi connectivity index (χ0n) is 11.4. The fourth-order valence-corrected chi connectivity index (χ4v) is 2.16. The number of nitrogens with zero attached hydrogens (tertiary/aromatic N) is 3. The molecule has 1 N–H and O–H groups in total. The fourth-order valence-electron chi connectivity index (χ4n) is 2.16. The van der Waals surface area contributed by atoms with Crippen molar-refractivity contribution in [3.05, 3.63) is 48.9 Å². The van der Waals surface area contributed by atoms with Gasteiger partial charge in [-0.2, -0.15) is 0 Å². The topological polar surface area (TPSA) is 50.7 Å². The Labute approximate surface area is 117 Å². The first kappa shape index (κ1) is 12.5. The van der Waals surface area contributed by atoms with Gasteiger partial charge < -0.3 is 5.32 Å². The molecule has 0 saturated heterocycles. The van der Waals surface area contributed by atoms with Crippen molar-refractivity contribution < 1.29 is 0 Å². The van der Waals surface area contributed by atoms with Crippen LogP contribution >= 0.6 is 0 Å². The van der Waals surface area contributed by atoms with Gasteiger partial charge in [-0.15, -0.1) is 0 Å². The highest BCUT2D eigenvalue weighted by Gasteiger charge is 2.06. The lowest BCUT2D eigenvalue weighted by Crippen LogP contribution is -2.03. The first-order valence-electron chi connectivity index (χ1n) is 6.78. The first-order chi connectivity index (χ1) is 9.88. The predicted molar refractivity (Wildman–Crippen MR) is 81.5 cm³/mol. The second-order valence-electron chi connectivity index (χ2n) is 4.59. The van der Waals surface area contributed by atoms with Crippen LogP contribution in [0.15, 0.2) is 48.9 Å². The monoisotopic (exact) mass is 264 g/mol. The van der Waals surface area contributed by atoms with Gasteiger partial charge in [0.15, 0.2) is 0 Å². The lowest BCUT2D eigenvalue weighted by Gasteiger charge is -2.08. The van der Waals surface area contributed by atoms with Gasteiger partial charge in [0.2, 0.25) is 0 Å². The summed E-state index contributed by atoms with van der Waals surface area (Å²) in [5.41, 5.74) is 2.90. The van der Waals surface area contributed by atoms with Crippen LogP contribution in [-0.2, 0) is 0 Å². The summed E-state index contributed by atoms with van der Waals surface area (Å²) < 4.78 is 0. The maximum Gasteiger partial charge on any atom is 0.145 e. The van der Waals surface area contributed by atoms with Crippen LogP contribution in [0.25, 0.3) is 22.2 Å². The molecule has 0 radical (unpaired) electrons. The first-order valence-corrected chi connectivity index (χ1v) is 6.78. The minimum atomic E-state index is 0.810. The molecule has 4 heteroatoms. The number of hydrogen-bond acceptors (Lipinski definition) is 4. The smallest absolute Gasteiger partial charge is 0.145 e. The lowest BCUT2D eigenvalue weighted by molar-refractivity contribution is 0.965. The Hall–Kier alpha value is -2.49. The molecule has 0 fully saturated rings. The van der Waals surface area contributed by atoms with Crippen molar-refractivity contribution in [1.29, 1.82) is 0 Å². The summed E-state index contributed by atoms with van der Waals surface area (Å²) in [6.45, 7) is 3.02. The normalized spacial score (nSPS) is 10.7. The molecular formula is C16H16N4. The molecule has 100 valence electrons. The Morgan fingerprint density at radius 3 is 2.95 bits per heavy atom. The highest BCUT2D eigenvalue weighted by molar-refractivity contribution is 5.93. The largest absolute Gasteiger partial charge is 0.369 e. The number of pyridine rings is 1. The predicted octanol–water partition coefficient (Wildman–Crippen LogP) is 3.51. The summed E-state index contributed by atoms with van der Waals surface area (Å²) in [4.78, 5) is 13.3. The maximum absolute atomic E-state index is 4.63. The van der Waals surface area contributed by atoms with Crippen LogP contribution < -0.4 is 5.32 Å². The molecule has 0 bridgehead atoms. The Kier molecular flexibility index (Phi) is 3.54. The van der Waals surface area contributed by atoms with E-state index in [0.717, 1.165) is 40.9 Å².